The molecule has 3 aromatic rings. The van der Waals surface area contributed by atoms with E-state index in [2.05, 4.69) is 61.9 Å². The summed E-state index contributed by atoms with van der Waals surface area (Å²) in [6.07, 6.45) is 4.88. The molecule has 4 nitrogen and oxygen atoms in total. The molecule has 2 N–H and O–H groups in total. The van der Waals surface area contributed by atoms with Gasteiger partial charge in [0.25, 0.3) is 0 Å². The van der Waals surface area contributed by atoms with E-state index in [-0.39, 0.29) is 42.9 Å². The smallest absolute Gasteiger partial charge is 0.335 e. The van der Waals surface area contributed by atoms with Crippen LogP contribution in [0.4, 0.5) is 0 Å². The van der Waals surface area contributed by atoms with Crippen molar-refractivity contribution in [1.82, 2.24) is 0 Å². The Balaban J connectivity index is 0.000000222. The second kappa shape index (κ2) is 11.1. The second-order valence-electron chi connectivity index (χ2n) is 7.37. The summed E-state index contributed by atoms with van der Waals surface area (Å²) in [5.41, 5.74) is 6.07. The summed E-state index contributed by atoms with van der Waals surface area (Å²) in [5, 5.41) is 17.4. The Morgan fingerprint density at radius 3 is 2.03 bits per heavy atom. The van der Waals surface area contributed by atoms with Crippen LogP contribution in [-0.4, -0.2) is 22.2 Å². The van der Waals surface area contributed by atoms with Crippen molar-refractivity contribution in [2.45, 2.75) is 26.7 Å². The first-order valence-corrected chi connectivity index (χ1v) is 10.0. The molecule has 1 unspecified atom stereocenters. The predicted molar refractivity (Wildman–Crippen MR) is 118 cm³/mol. The van der Waals surface area contributed by atoms with E-state index < -0.39 is 11.9 Å². The molecule has 158 valence electrons. The van der Waals surface area contributed by atoms with Crippen molar-refractivity contribution in [1.29, 1.82) is 0 Å². The third-order valence-electron chi connectivity index (χ3n) is 5.50. The van der Waals surface area contributed by atoms with Crippen LogP contribution in [0.5, 0.6) is 0 Å². The molecular weight excluding hydrogens is 468 g/mol. The Labute approximate surface area is 202 Å². The van der Waals surface area contributed by atoms with Crippen molar-refractivity contribution >= 4 is 11.9 Å². The van der Waals surface area contributed by atoms with Gasteiger partial charge < -0.3 is 10.2 Å². The van der Waals surface area contributed by atoms with Gasteiger partial charge in [-0.1, -0.05) is 73.7 Å². The zero-order valence-electron chi connectivity index (χ0n) is 17.6. The van der Waals surface area contributed by atoms with Crippen LogP contribution in [0.1, 0.15) is 50.8 Å². The monoisotopic (exact) mass is 491 g/mol. The summed E-state index contributed by atoms with van der Waals surface area (Å²) in [5.74, 6) is -1.49. The van der Waals surface area contributed by atoms with E-state index in [1.807, 2.05) is 0 Å². The van der Waals surface area contributed by atoms with Gasteiger partial charge >= 0.3 is 11.9 Å². The Hall–Kier alpha value is -2.65. The minimum Gasteiger partial charge on any atom is -0.478 e. The molecule has 4 rings (SSSR count). The molecule has 0 radical (unpaired) electrons. The summed E-state index contributed by atoms with van der Waals surface area (Å²) in [7, 11) is 0. The Morgan fingerprint density at radius 2 is 1.48 bits per heavy atom. The maximum Gasteiger partial charge on any atom is 0.335 e. The van der Waals surface area contributed by atoms with Crippen LogP contribution < -0.4 is 0 Å². The number of aromatic carboxylic acids is 2. The van der Waals surface area contributed by atoms with Gasteiger partial charge in [0.15, 0.2) is 0 Å². The predicted octanol–water partition coefficient (Wildman–Crippen LogP) is 5.88. The second-order valence-corrected chi connectivity index (χ2v) is 7.37. The Kier molecular flexibility index (Phi) is 8.82. The standard InChI is InChI=1S/C17H17.C9H8O4.Zr/c1-2-13-11-15-9-6-10-16(17(15)12-13)14-7-4-3-5-8-14;1-5-6(8(10)11)3-2-4-7(5)9(12)13;/h3-11,13H,2,12H2,1H3;2-4H,1H3,(H,10,11)(H,12,13);/q-1;;. The summed E-state index contributed by atoms with van der Waals surface area (Å²) in [6.45, 7) is 3.75. The van der Waals surface area contributed by atoms with Crippen molar-refractivity contribution < 1.29 is 46.0 Å². The van der Waals surface area contributed by atoms with Crippen LogP contribution >= 0.6 is 0 Å². The van der Waals surface area contributed by atoms with Crippen molar-refractivity contribution in [3.63, 3.8) is 0 Å². The molecular formula is C26H25O4Zr-. The van der Waals surface area contributed by atoms with Gasteiger partial charge in [0.05, 0.1) is 11.1 Å². The molecule has 1 atom stereocenters. The topological polar surface area (TPSA) is 74.6 Å². The maximum absolute atomic E-state index is 10.6. The quantitative estimate of drug-likeness (QED) is 0.446. The summed E-state index contributed by atoms with van der Waals surface area (Å²) < 4.78 is 0. The summed E-state index contributed by atoms with van der Waals surface area (Å²) in [6, 6.07) is 21.6. The molecule has 31 heavy (non-hydrogen) atoms. The van der Waals surface area contributed by atoms with Crippen molar-refractivity contribution in [3.05, 3.63) is 101 Å². The van der Waals surface area contributed by atoms with Gasteiger partial charge in [-0.3, -0.25) is 0 Å². The van der Waals surface area contributed by atoms with E-state index in [0.717, 1.165) is 5.92 Å². The fraction of sp³-hybridized carbons (Fsp3) is 0.192. The van der Waals surface area contributed by atoms with Crippen molar-refractivity contribution in [2.75, 3.05) is 0 Å². The van der Waals surface area contributed by atoms with Crippen LogP contribution in [0, 0.1) is 19.3 Å². The van der Waals surface area contributed by atoms with Gasteiger partial charge in [0.2, 0.25) is 0 Å². The van der Waals surface area contributed by atoms with Crippen LogP contribution in [0.2, 0.25) is 0 Å². The van der Waals surface area contributed by atoms with E-state index in [0.29, 0.717) is 0 Å². The summed E-state index contributed by atoms with van der Waals surface area (Å²) >= 11 is 0. The van der Waals surface area contributed by atoms with E-state index in [4.69, 9.17) is 10.2 Å². The molecule has 0 aliphatic heterocycles. The van der Waals surface area contributed by atoms with Crippen LogP contribution in [0.15, 0.2) is 66.7 Å². The van der Waals surface area contributed by atoms with Gasteiger partial charge in [0.1, 0.15) is 0 Å². The van der Waals surface area contributed by atoms with E-state index in [9.17, 15) is 9.59 Å². The average Bonchev–Trinajstić information content (AvgIpc) is 3.18. The van der Waals surface area contributed by atoms with E-state index >= 15 is 0 Å². The number of carbonyl (C=O) groups is 2. The number of rotatable bonds is 4. The number of carboxylic acid groups (broad SMARTS) is 2. The van der Waals surface area contributed by atoms with Crippen LogP contribution in [0.3, 0.4) is 0 Å². The SMILES string of the molecule is CCC1[CH-]c2cccc(-c3ccccc3)c2C1.Cc1c(C(=O)O)cccc1C(=O)O.[Zr]. The van der Waals surface area contributed by atoms with Gasteiger partial charge in [-0.2, -0.15) is 18.1 Å². The zero-order valence-corrected chi connectivity index (χ0v) is 20.1. The third-order valence-corrected chi connectivity index (χ3v) is 5.50. The van der Waals surface area contributed by atoms with Crippen LogP contribution in [-0.2, 0) is 32.6 Å². The largest absolute Gasteiger partial charge is 0.478 e. The normalized spacial score (nSPS) is 13.7. The number of fused-ring (bicyclic) bond motifs is 1. The average molecular weight is 493 g/mol. The molecule has 0 fully saturated rings. The van der Waals surface area contributed by atoms with Gasteiger partial charge in [0, 0.05) is 26.2 Å². The number of benzene rings is 3. The Morgan fingerprint density at radius 1 is 0.903 bits per heavy atom. The minimum absolute atomic E-state index is 0. The summed E-state index contributed by atoms with van der Waals surface area (Å²) in [4.78, 5) is 21.2. The van der Waals surface area contributed by atoms with Gasteiger partial charge in [-0.15, -0.1) is 11.6 Å². The fourth-order valence-electron chi connectivity index (χ4n) is 3.81. The molecule has 0 bridgehead atoms. The molecule has 0 spiro atoms. The molecule has 3 aromatic carbocycles. The first-order valence-electron chi connectivity index (χ1n) is 10.0. The fourth-order valence-corrected chi connectivity index (χ4v) is 3.81. The molecule has 0 amide bonds. The molecule has 0 heterocycles. The molecule has 5 heteroatoms. The molecule has 0 aromatic heterocycles. The minimum atomic E-state index is -1.11. The molecule has 0 saturated heterocycles. The van der Waals surface area contributed by atoms with Crippen LogP contribution in [0.25, 0.3) is 11.1 Å². The van der Waals surface area contributed by atoms with Crippen molar-refractivity contribution in [3.8, 4) is 11.1 Å². The first-order chi connectivity index (χ1) is 14.4. The van der Waals surface area contributed by atoms with E-state index in [1.165, 1.54) is 60.2 Å². The van der Waals surface area contributed by atoms with Crippen molar-refractivity contribution in [2.24, 2.45) is 5.92 Å². The molecule has 1 aliphatic carbocycles. The first kappa shape index (κ1) is 24.6. The third kappa shape index (κ3) is 5.74. The van der Waals surface area contributed by atoms with Gasteiger partial charge in [-0.25, -0.2) is 9.59 Å². The number of carboxylic acids is 2. The number of hydrogen-bond acceptors (Lipinski definition) is 2. The molecule has 1 aliphatic rings. The van der Waals surface area contributed by atoms with E-state index in [1.54, 1.807) is 0 Å². The zero-order chi connectivity index (χ0) is 21.7. The number of hydrogen-bond donors (Lipinski definition) is 2. The van der Waals surface area contributed by atoms with Gasteiger partial charge in [-0.05, 0) is 30.2 Å². The Bertz CT molecular complexity index is 1030. The molecule has 0 saturated carbocycles. The maximum atomic E-state index is 10.6.